The Morgan fingerprint density at radius 2 is 1.83 bits per heavy atom. The minimum atomic E-state index is -0.808. The number of hydrogen-bond donors (Lipinski definition) is 0. The van der Waals surface area contributed by atoms with Gasteiger partial charge in [-0.15, -0.1) is 0 Å². The van der Waals surface area contributed by atoms with E-state index in [-0.39, 0.29) is 12.4 Å². The Morgan fingerprint density at radius 3 is 2.35 bits per heavy atom. The lowest BCUT2D eigenvalue weighted by atomic mass is 9.91. The van der Waals surface area contributed by atoms with Crippen LogP contribution >= 0.6 is 0 Å². The summed E-state index contributed by atoms with van der Waals surface area (Å²) in [7, 11) is 1.98. The number of benzene rings is 1. The summed E-state index contributed by atoms with van der Waals surface area (Å²) in [5.41, 5.74) is 3.72. The number of Topliss-reactive ketones (excluding diaryl/α,β-unsaturated/α-hetero) is 1. The average Bonchev–Trinajstić information content (AvgIpc) is 2.80. The number of ketones is 1. The van der Waals surface area contributed by atoms with Gasteiger partial charge in [0.05, 0.1) is 6.61 Å². The Morgan fingerprint density at radius 1 is 1.17 bits per heavy atom. The van der Waals surface area contributed by atoms with Gasteiger partial charge in [0.2, 0.25) is 0 Å². The minimum absolute atomic E-state index is 0.190. The molecular formula is C19H23NO3. The fraction of sp³-hybridized carbons (Fsp3) is 0.368. The van der Waals surface area contributed by atoms with Crippen LogP contribution in [0.25, 0.3) is 0 Å². The molecule has 122 valence electrons. The first-order chi connectivity index (χ1) is 11.0. The van der Waals surface area contributed by atoms with E-state index in [4.69, 9.17) is 4.74 Å². The first-order valence-electron chi connectivity index (χ1n) is 7.83. The van der Waals surface area contributed by atoms with Crippen LogP contribution in [-0.2, 0) is 23.0 Å². The highest BCUT2D eigenvalue weighted by Crippen LogP contribution is 2.21. The fourth-order valence-electron chi connectivity index (χ4n) is 2.69. The summed E-state index contributed by atoms with van der Waals surface area (Å²) in [6, 6.07) is 10.9. The molecule has 1 heterocycles. The molecule has 0 spiro atoms. The summed E-state index contributed by atoms with van der Waals surface area (Å²) in [5, 5.41) is 0. The molecule has 0 fully saturated rings. The summed E-state index contributed by atoms with van der Waals surface area (Å²) >= 11 is 0. The average molecular weight is 313 g/mol. The summed E-state index contributed by atoms with van der Waals surface area (Å²) in [6.07, 6.45) is 0.361. The molecule has 0 radical (unpaired) electrons. The molecule has 1 aromatic heterocycles. The van der Waals surface area contributed by atoms with E-state index in [1.54, 1.807) is 31.2 Å². The van der Waals surface area contributed by atoms with Crippen LogP contribution in [-0.4, -0.2) is 22.9 Å². The van der Waals surface area contributed by atoms with E-state index in [9.17, 15) is 9.59 Å². The monoisotopic (exact) mass is 313 g/mol. The molecule has 1 aromatic carbocycles. The van der Waals surface area contributed by atoms with Crippen molar-refractivity contribution in [1.29, 1.82) is 0 Å². The molecule has 1 unspecified atom stereocenters. The van der Waals surface area contributed by atoms with E-state index in [2.05, 4.69) is 4.57 Å². The molecule has 0 aliphatic rings. The third kappa shape index (κ3) is 3.70. The Balaban J connectivity index is 2.33. The van der Waals surface area contributed by atoms with Gasteiger partial charge in [0.25, 0.3) is 0 Å². The summed E-state index contributed by atoms with van der Waals surface area (Å²) in [4.78, 5) is 25.1. The number of esters is 1. The van der Waals surface area contributed by atoms with E-state index < -0.39 is 11.9 Å². The van der Waals surface area contributed by atoms with Gasteiger partial charge in [-0.25, -0.2) is 0 Å². The molecular weight excluding hydrogens is 290 g/mol. The predicted octanol–water partition coefficient (Wildman–Crippen LogP) is 3.25. The number of nitrogens with zero attached hydrogens (tertiary/aromatic N) is 1. The second kappa shape index (κ2) is 7.27. The van der Waals surface area contributed by atoms with E-state index in [1.165, 1.54) is 0 Å². The van der Waals surface area contributed by atoms with Crippen LogP contribution in [0.3, 0.4) is 0 Å². The number of rotatable bonds is 6. The Labute approximate surface area is 137 Å². The van der Waals surface area contributed by atoms with Crippen LogP contribution in [0, 0.1) is 19.8 Å². The van der Waals surface area contributed by atoms with Gasteiger partial charge in [-0.3, -0.25) is 9.59 Å². The lowest BCUT2D eigenvalue weighted by Crippen LogP contribution is -2.28. The van der Waals surface area contributed by atoms with Crippen molar-refractivity contribution in [1.82, 2.24) is 4.57 Å². The number of aromatic nitrogens is 1. The second-order valence-corrected chi connectivity index (χ2v) is 5.69. The van der Waals surface area contributed by atoms with E-state index in [0.717, 1.165) is 17.0 Å². The van der Waals surface area contributed by atoms with Crippen LogP contribution < -0.4 is 0 Å². The Kier molecular flexibility index (Phi) is 5.37. The molecule has 0 aliphatic heterocycles. The quantitative estimate of drug-likeness (QED) is 0.467. The van der Waals surface area contributed by atoms with Crippen molar-refractivity contribution >= 4 is 11.8 Å². The van der Waals surface area contributed by atoms with Crippen molar-refractivity contribution in [3.05, 3.63) is 58.9 Å². The smallest absolute Gasteiger partial charge is 0.317 e. The van der Waals surface area contributed by atoms with Crippen molar-refractivity contribution in [2.45, 2.75) is 27.2 Å². The number of carbonyl (C=O) groups excluding carboxylic acids is 2. The molecule has 0 N–H and O–H groups in total. The van der Waals surface area contributed by atoms with Gasteiger partial charge in [-0.2, -0.15) is 0 Å². The lowest BCUT2D eigenvalue weighted by Gasteiger charge is -2.15. The highest BCUT2D eigenvalue weighted by Gasteiger charge is 2.30. The van der Waals surface area contributed by atoms with Crippen molar-refractivity contribution in [3.63, 3.8) is 0 Å². The summed E-state index contributed by atoms with van der Waals surface area (Å²) < 4.78 is 7.19. The SMILES string of the molecule is CCOC(=O)C(Cc1cc(C)n(C)c1C)C(=O)c1ccccc1. The highest BCUT2D eigenvalue weighted by atomic mass is 16.5. The molecule has 1 atom stereocenters. The van der Waals surface area contributed by atoms with E-state index >= 15 is 0 Å². The van der Waals surface area contributed by atoms with Crippen molar-refractivity contribution < 1.29 is 14.3 Å². The lowest BCUT2D eigenvalue weighted by molar-refractivity contribution is -0.146. The zero-order chi connectivity index (χ0) is 17.0. The van der Waals surface area contributed by atoms with Gasteiger partial charge in [0, 0.05) is 24.0 Å². The van der Waals surface area contributed by atoms with Crippen LogP contribution in [0.1, 0.15) is 34.2 Å². The standard InChI is InChI=1S/C19H23NO3/c1-5-23-19(22)17(18(21)15-9-7-6-8-10-15)12-16-11-13(2)20(4)14(16)3/h6-11,17H,5,12H2,1-4H3. The number of ether oxygens (including phenoxy) is 1. The van der Waals surface area contributed by atoms with Gasteiger partial charge in [0.1, 0.15) is 5.92 Å². The maximum absolute atomic E-state index is 12.8. The molecule has 4 nitrogen and oxygen atoms in total. The topological polar surface area (TPSA) is 48.3 Å². The maximum atomic E-state index is 12.8. The summed E-state index contributed by atoms with van der Waals surface area (Å²) in [6.45, 7) is 6.02. The van der Waals surface area contributed by atoms with E-state index in [0.29, 0.717) is 12.0 Å². The molecule has 0 saturated heterocycles. The minimum Gasteiger partial charge on any atom is -0.465 e. The molecule has 4 heteroatoms. The predicted molar refractivity (Wildman–Crippen MR) is 89.5 cm³/mol. The molecule has 0 bridgehead atoms. The van der Waals surface area contributed by atoms with Crippen LogP contribution in [0.15, 0.2) is 36.4 Å². The third-order valence-corrected chi connectivity index (χ3v) is 4.25. The number of aryl methyl sites for hydroxylation is 1. The van der Waals surface area contributed by atoms with Gasteiger partial charge < -0.3 is 9.30 Å². The van der Waals surface area contributed by atoms with Crippen molar-refractivity contribution in [2.75, 3.05) is 6.61 Å². The highest BCUT2D eigenvalue weighted by molar-refractivity contribution is 6.08. The van der Waals surface area contributed by atoms with Gasteiger partial charge in [-0.1, -0.05) is 30.3 Å². The second-order valence-electron chi connectivity index (χ2n) is 5.69. The molecule has 0 aliphatic carbocycles. The van der Waals surface area contributed by atoms with Crippen molar-refractivity contribution in [3.8, 4) is 0 Å². The van der Waals surface area contributed by atoms with Crippen molar-refractivity contribution in [2.24, 2.45) is 13.0 Å². The maximum Gasteiger partial charge on any atom is 0.317 e. The molecule has 0 saturated carbocycles. The fourth-order valence-corrected chi connectivity index (χ4v) is 2.69. The first-order valence-corrected chi connectivity index (χ1v) is 7.83. The van der Waals surface area contributed by atoms with Crippen LogP contribution in [0.2, 0.25) is 0 Å². The number of hydrogen-bond acceptors (Lipinski definition) is 3. The van der Waals surface area contributed by atoms with Crippen LogP contribution in [0.5, 0.6) is 0 Å². The Hall–Kier alpha value is -2.36. The van der Waals surface area contributed by atoms with Gasteiger partial charge in [-0.05, 0) is 38.8 Å². The molecule has 0 amide bonds. The third-order valence-electron chi connectivity index (χ3n) is 4.25. The normalized spacial score (nSPS) is 12.0. The largest absolute Gasteiger partial charge is 0.465 e. The molecule has 2 aromatic rings. The zero-order valence-electron chi connectivity index (χ0n) is 14.1. The first kappa shape index (κ1) is 17.0. The Bertz CT molecular complexity index is 701. The van der Waals surface area contributed by atoms with Crippen LogP contribution in [0.4, 0.5) is 0 Å². The zero-order valence-corrected chi connectivity index (χ0v) is 14.1. The van der Waals surface area contributed by atoms with E-state index in [1.807, 2.05) is 33.0 Å². The van der Waals surface area contributed by atoms with Gasteiger partial charge in [0.15, 0.2) is 5.78 Å². The van der Waals surface area contributed by atoms with Gasteiger partial charge >= 0.3 is 5.97 Å². The summed E-state index contributed by atoms with van der Waals surface area (Å²) in [5.74, 6) is -1.45. The molecule has 2 rings (SSSR count). The number of carbonyl (C=O) groups is 2. The molecule has 23 heavy (non-hydrogen) atoms.